The van der Waals surface area contributed by atoms with E-state index < -0.39 is 0 Å². The number of nitrogens with zero attached hydrogens (tertiary/aromatic N) is 4. The molecular formula is C19H26N4OS. The van der Waals surface area contributed by atoms with E-state index in [0.29, 0.717) is 6.04 Å². The van der Waals surface area contributed by atoms with E-state index in [1.54, 1.807) is 0 Å². The van der Waals surface area contributed by atoms with E-state index in [4.69, 9.17) is 22.1 Å². The first-order valence-corrected chi connectivity index (χ1v) is 9.78. The molecule has 0 amide bonds. The van der Waals surface area contributed by atoms with Gasteiger partial charge in [0.25, 0.3) is 0 Å². The molecule has 1 aromatic carbocycles. The van der Waals surface area contributed by atoms with Gasteiger partial charge in [-0.2, -0.15) is 5.10 Å². The third kappa shape index (κ3) is 3.71. The molecule has 0 atom stereocenters. The highest BCUT2D eigenvalue weighted by atomic mass is 32.1. The molecule has 0 radical (unpaired) electrons. The van der Waals surface area contributed by atoms with Crippen LogP contribution in [0, 0.1) is 4.77 Å². The Morgan fingerprint density at radius 2 is 1.76 bits per heavy atom. The lowest BCUT2D eigenvalue weighted by Crippen LogP contribution is -2.37. The summed E-state index contributed by atoms with van der Waals surface area (Å²) >= 11 is 5.87. The molecule has 0 spiro atoms. The summed E-state index contributed by atoms with van der Waals surface area (Å²) in [7, 11) is 0. The predicted octanol–water partition coefficient (Wildman–Crippen LogP) is 3.88. The monoisotopic (exact) mass is 358 g/mol. The van der Waals surface area contributed by atoms with Crippen LogP contribution < -0.4 is 0 Å². The Bertz CT molecular complexity index is 743. The quantitative estimate of drug-likeness (QED) is 0.777. The Hall–Kier alpha value is -1.50. The number of hydrogen-bond donors (Lipinski definition) is 0. The first-order chi connectivity index (χ1) is 12.3. The van der Waals surface area contributed by atoms with E-state index in [1.165, 1.54) is 32.1 Å². The first-order valence-electron chi connectivity index (χ1n) is 9.38. The van der Waals surface area contributed by atoms with Gasteiger partial charge in [0.1, 0.15) is 0 Å². The van der Waals surface area contributed by atoms with Crippen molar-refractivity contribution in [1.82, 2.24) is 19.2 Å². The van der Waals surface area contributed by atoms with Crippen molar-refractivity contribution in [1.29, 1.82) is 0 Å². The molecule has 25 heavy (non-hydrogen) atoms. The van der Waals surface area contributed by atoms with Gasteiger partial charge in [0.05, 0.1) is 19.9 Å². The summed E-state index contributed by atoms with van der Waals surface area (Å²) in [6, 6.07) is 10.9. The zero-order valence-electron chi connectivity index (χ0n) is 14.6. The van der Waals surface area contributed by atoms with Gasteiger partial charge in [-0.25, -0.2) is 4.68 Å². The second-order valence-electron chi connectivity index (χ2n) is 7.01. The standard InChI is InChI=1S/C19H26N4OS/c25-19-22(15-21-11-13-24-14-12-21)20-18(16-7-3-1-4-8-16)23(19)17-9-5-2-6-10-17/h1,3-4,7-8,17H,2,5-6,9-15H2. The van der Waals surface area contributed by atoms with E-state index in [9.17, 15) is 0 Å². The Morgan fingerprint density at radius 1 is 1.04 bits per heavy atom. The van der Waals surface area contributed by atoms with E-state index >= 15 is 0 Å². The average molecular weight is 359 g/mol. The molecule has 0 N–H and O–H groups in total. The fourth-order valence-electron chi connectivity index (χ4n) is 3.90. The van der Waals surface area contributed by atoms with Gasteiger partial charge < -0.3 is 4.74 Å². The van der Waals surface area contributed by atoms with Crippen molar-refractivity contribution in [3.8, 4) is 11.4 Å². The first kappa shape index (κ1) is 16.9. The summed E-state index contributed by atoms with van der Waals surface area (Å²) < 4.78 is 10.7. The molecule has 1 saturated heterocycles. The van der Waals surface area contributed by atoms with Crippen LogP contribution in [0.4, 0.5) is 0 Å². The minimum atomic E-state index is 0.481. The molecule has 2 heterocycles. The largest absolute Gasteiger partial charge is 0.379 e. The van der Waals surface area contributed by atoms with Gasteiger partial charge in [-0.3, -0.25) is 9.47 Å². The van der Waals surface area contributed by atoms with Crippen LogP contribution in [0.3, 0.4) is 0 Å². The maximum absolute atomic E-state index is 5.87. The third-order valence-electron chi connectivity index (χ3n) is 5.28. The second kappa shape index (κ2) is 7.81. The molecule has 134 valence electrons. The molecule has 2 fully saturated rings. The fourth-order valence-corrected chi connectivity index (χ4v) is 4.23. The number of rotatable bonds is 4. The van der Waals surface area contributed by atoms with Crippen molar-refractivity contribution in [3.63, 3.8) is 0 Å². The highest BCUT2D eigenvalue weighted by Gasteiger charge is 2.23. The van der Waals surface area contributed by atoms with Crippen molar-refractivity contribution in [3.05, 3.63) is 35.1 Å². The van der Waals surface area contributed by atoms with Crippen molar-refractivity contribution in [2.75, 3.05) is 26.3 Å². The van der Waals surface area contributed by atoms with Crippen LogP contribution in [0.25, 0.3) is 11.4 Å². The van der Waals surface area contributed by atoms with Crippen LogP contribution in [-0.4, -0.2) is 45.6 Å². The SMILES string of the molecule is S=c1n(CN2CCOCC2)nc(-c2ccccc2)n1C1CCCCC1. The summed E-state index contributed by atoms with van der Waals surface area (Å²) in [4.78, 5) is 2.37. The molecule has 1 saturated carbocycles. The zero-order valence-corrected chi connectivity index (χ0v) is 15.5. The fraction of sp³-hybridized carbons (Fsp3) is 0.579. The van der Waals surface area contributed by atoms with Gasteiger partial charge in [-0.15, -0.1) is 0 Å². The van der Waals surface area contributed by atoms with E-state index in [-0.39, 0.29) is 0 Å². The number of aromatic nitrogens is 3. The highest BCUT2D eigenvalue weighted by Crippen LogP contribution is 2.32. The minimum absolute atomic E-state index is 0.481. The molecule has 2 aromatic rings. The summed E-state index contributed by atoms with van der Waals surface area (Å²) in [5.74, 6) is 1.02. The van der Waals surface area contributed by atoms with E-state index in [0.717, 1.165) is 49.1 Å². The molecule has 0 unspecified atom stereocenters. The number of hydrogen-bond acceptors (Lipinski definition) is 4. The van der Waals surface area contributed by atoms with Crippen LogP contribution in [0.1, 0.15) is 38.1 Å². The van der Waals surface area contributed by atoms with Crippen LogP contribution in [0.5, 0.6) is 0 Å². The Morgan fingerprint density at radius 3 is 2.48 bits per heavy atom. The zero-order chi connectivity index (χ0) is 17.1. The lowest BCUT2D eigenvalue weighted by atomic mass is 9.95. The third-order valence-corrected chi connectivity index (χ3v) is 5.69. The van der Waals surface area contributed by atoms with Crippen LogP contribution >= 0.6 is 12.2 Å². The maximum Gasteiger partial charge on any atom is 0.199 e. The molecule has 1 aliphatic carbocycles. The summed E-state index contributed by atoms with van der Waals surface area (Å²) in [6.07, 6.45) is 6.33. The lowest BCUT2D eigenvalue weighted by molar-refractivity contribution is 0.0209. The van der Waals surface area contributed by atoms with Gasteiger partial charge in [0.15, 0.2) is 10.6 Å². The molecular weight excluding hydrogens is 332 g/mol. The predicted molar refractivity (Wildman–Crippen MR) is 101 cm³/mol. The van der Waals surface area contributed by atoms with Crippen molar-refractivity contribution in [2.24, 2.45) is 0 Å². The van der Waals surface area contributed by atoms with Gasteiger partial charge in [0, 0.05) is 24.7 Å². The van der Waals surface area contributed by atoms with E-state index in [1.807, 2.05) is 10.7 Å². The average Bonchev–Trinajstić information content (AvgIpc) is 3.00. The van der Waals surface area contributed by atoms with Gasteiger partial charge in [-0.05, 0) is 25.1 Å². The van der Waals surface area contributed by atoms with Crippen molar-refractivity contribution in [2.45, 2.75) is 44.8 Å². The molecule has 4 rings (SSSR count). The molecule has 0 bridgehead atoms. The van der Waals surface area contributed by atoms with E-state index in [2.05, 4.69) is 33.7 Å². The normalized spacial score (nSPS) is 20.0. The maximum atomic E-state index is 5.87. The Kier molecular flexibility index (Phi) is 5.29. The molecule has 1 aromatic heterocycles. The summed E-state index contributed by atoms with van der Waals surface area (Å²) in [5, 5.41) is 4.94. The van der Waals surface area contributed by atoms with Crippen LogP contribution in [0.2, 0.25) is 0 Å². The summed E-state index contributed by atoms with van der Waals surface area (Å²) in [5.41, 5.74) is 1.15. The molecule has 5 nitrogen and oxygen atoms in total. The van der Waals surface area contributed by atoms with Crippen LogP contribution in [0.15, 0.2) is 30.3 Å². The lowest BCUT2D eigenvalue weighted by Gasteiger charge is -2.26. The van der Waals surface area contributed by atoms with Gasteiger partial charge in [-0.1, -0.05) is 49.6 Å². The highest BCUT2D eigenvalue weighted by molar-refractivity contribution is 7.71. The topological polar surface area (TPSA) is 35.2 Å². The van der Waals surface area contributed by atoms with Gasteiger partial charge >= 0.3 is 0 Å². The number of benzene rings is 1. The van der Waals surface area contributed by atoms with Crippen molar-refractivity contribution >= 4 is 12.2 Å². The Balaban J connectivity index is 1.70. The minimum Gasteiger partial charge on any atom is -0.379 e. The molecule has 6 heteroatoms. The smallest absolute Gasteiger partial charge is 0.199 e. The Labute approximate surface area is 154 Å². The second-order valence-corrected chi connectivity index (χ2v) is 7.37. The summed E-state index contributed by atoms with van der Waals surface area (Å²) in [6.45, 7) is 4.23. The number of morpholine rings is 1. The van der Waals surface area contributed by atoms with Crippen molar-refractivity contribution < 1.29 is 4.74 Å². The molecule has 2 aliphatic rings. The van der Waals surface area contributed by atoms with Crippen LogP contribution in [-0.2, 0) is 11.4 Å². The van der Waals surface area contributed by atoms with Gasteiger partial charge in [0.2, 0.25) is 0 Å². The number of ether oxygens (including phenoxy) is 1. The molecule has 1 aliphatic heterocycles.